The molecular formula is C15H29NO2. The van der Waals surface area contributed by atoms with Crippen LogP contribution in [0.5, 0.6) is 0 Å². The fraction of sp³-hybridized carbons (Fsp3) is 0.933. The van der Waals surface area contributed by atoms with E-state index in [9.17, 15) is 4.79 Å². The Hall–Kier alpha value is -0.570. The molecule has 0 heterocycles. The second-order valence-corrected chi connectivity index (χ2v) is 6.36. The van der Waals surface area contributed by atoms with E-state index < -0.39 is 5.97 Å². The van der Waals surface area contributed by atoms with E-state index in [0.717, 1.165) is 18.8 Å². The zero-order chi connectivity index (χ0) is 13.8. The van der Waals surface area contributed by atoms with Gasteiger partial charge in [-0.2, -0.15) is 0 Å². The summed E-state index contributed by atoms with van der Waals surface area (Å²) in [4.78, 5) is 11.0. The molecule has 1 aliphatic carbocycles. The standard InChI is InChI=1S/C15H29NO2/c1-5-13(14(17)18)16-12-9-7-11(8-10-12)15(3,4)6-2/h11-13,16H,5-10H2,1-4H3,(H,17,18). The first-order valence-electron chi connectivity index (χ1n) is 7.39. The highest BCUT2D eigenvalue weighted by atomic mass is 16.4. The molecule has 0 aromatic carbocycles. The quantitative estimate of drug-likeness (QED) is 0.764. The van der Waals surface area contributed by atoms with Crippen molar-refractivity contribution in [2.45, 2.75) is 78.3 Å². The predicted octanol–water partition coefficient (Wildman–Crippen LogP) is 3.43. The molecule has 1 unspecified atom stereocenters. The van der Waals surface area contributed by atoms with Gasteiger partial charge in [0.05, 0.1) is 0 Å². The van der Waals surface area contributed by atoms with Crippen LogP contribution in [0, 0.1) is 11.3 Å². The van der Waals surface area contributed by atoms with Crippen LogP contribution in [-0.4, -0.2) is 23.2 Å². The van der Waals surface area contributed by atoms with Crippen LogP contribution in [0.15, 0.2) is 0 Å². The second kappa shape index (κ2) is 6.55. The minimum atomic E-state index is -0.714. The van der Waals surface area contributed by atoms with Crippen LogP contribution in [0.2, 0.25) is 0 Å². The summed E-state index contributed by atoms with van der Waals surface area (Å²) < 4.78 is 0. The van der Waals surface area contributed by atoms with Gasteiger partial charge in [-0.1, -0.05) is 34.1 Å². The number of aliphatic carboxylic acids is 1. The average Bonchev–Trinajstić information content (AvgIpc) is 2.36. The molecular weight excluding hydrogens is 226 g/mol. The van der Waals surface area contributed by atoms with Gasteiger partial charge in [-0.05, 0) is 43.4 Å². The molecule has 106 valence electrons. The van der Waals surface area contributed by atoms with Crippen molar-refractivity contribution >= 4 is 5.97 Å². The molecule has 0 saturated heterocycles. The molecule has 1 fully saturated rings. The summed E-state index contributed by atoms with van der Waals surface area (Å²) in [5.41, 5.74) is 0.432. The molecule has 0 aromatic rings. The first kappa shape index (κ1) is 15.5. The van der Waals surface area contributed by atoms with Crippen molar-refractivity contribution in [3.8, 4) is 0 Å². The molecule has 0 radical (unpaired) electrons. The van der Waals surface area contributed by atoms with Crippen LogP contribution in [-0.2, 0) is 4.79 Å². The van der Waals surface area contributed by atoms with E-state index in [2.05, 4.69) is 26.1 Å². The lowest BCUT2D eigenvalue weighted by molar-refractivity contribution is -0.139. The topological polar surface area (TPSA) is 49.3 Å². The Morgan fingerprint density at radius 2 is 1.83 bits per heavy atom. The van der Waals surface area contributed by atoms with Gasteiger partial charge in [-0.3, -0.25) is 4.79 Å². The Bertz CT molecular complexity index is 268. The molecule has 3 heteroatoms. The highest BCUT2D eigenvalue weighted by Crippen LogP contribution is 2.40. The van der Waals surface area contributed by atoms with Gasteiger partial charge in [0, 0.05) is 6.04 Å². The van der Waals surface area contributed by atoms with E-state index in [0.29, 0.717) is 17.9 Å². The predicted molar refractivity (Wildman–Crippen MR) is 74.7 cm³/mol. The van der Waals surface area contributed by atoms with Crippen LogP contribution >= 0.6 is 0 Å². The van der Waals surface area contributed by atoms with E-state index >= 15 is 0 Å². The molecule has 0 bridgehead atoms. The van der Waals surface area contributed by atoms with Crippen molar-refractivity contribution in [2.75, 3.05) is 0 Å². The fourth-order valence-electron chi connectivity index (χ4n) is 2.98. The molecule has 1 aliphatic rings. The Labute approximate surface area is 111 Å². The van der Waals surface area contributed by atoms with Crippen LogP contribution in [0.1, 0.15) is 66.2 Å². The third-order valence-electron chi connectivity index (χ3n) is 4.89. The van der Waals surface area contributed by atoms with Crippen molar-refractivity contribution in [3.63, 3.8) is 0 Å². The summed E-state index contributed by atoms with van der Waals surface area (Å²) in [5, 5.41) is 12.4. The van der Waals surface area contributed by atoms with Gasteiger partial charge in [-0.15, -0.1) is 0 Å². The number of nitrogens with one attached hydrogen (secondary N) is 1. The molecule has 0 amide bonds. The second-order valence-electron chi connectivity index (χ2n) is 6.36. The molecule has 0 aromatic heterocycles. The summed E-state index contributed by atoms with van der Waals surface area (Å²) in [6.07, 6.45) is 6.59. The summed E-state index contributed by atoms with van der Waals surface area (Å²) in [7, 11) is 0. The molecule has 3 nitrogen and oxygen atoms in total. The largest absolute Gasteiger partial charge is 0.480 e. The number of hydrogen-bond donors (Lipinski definition) is 2. The van der Waals surface area contributed by atoms with Crippen LogP contribution in [0.4, 0.5) is 0 Å². The van der Waals surface area contributed by atoms with Crippen molar-refractivity contribution in [3.05, 3.63) is 0 Å². The maximum absolute atomic E-state index is 11.0. The monoisotopic (exact) mass is 255 g/mol. The molecule has 0 spiro atoms. The SMILES string of the molecule is CCC(NC1CCC(C(C)(C)CC)CC1)C(=O)O. The highest BCUT2D eigenvalue weighted by molar-refractivity contribution is 5.73. The normalized spacial score (nSPS) is 26.9. The lowest BCUT2D eigenvalue weighted by Crippen LogP contribution is -2.45. The first-order valence-corrected chi connectivity index (χ1v) is 7.39. The highest BCUT2D eigenvalue weighted by Gasteiger charge is 2.32. The Kier molecular flexibility index (Phi) is 5.64. The Morgan fingerprint density at radius 3 is 2.22 bits per heavy atom. The molecule has 2 N–H and O–H groups in total. The number of rotatable bonds is 6. The summed E-state index contributed by atoms with van der Waals surface area (Å²) >= 11 is 0. The van der Waals surface area contributed by atoms with Crippen molar-refractivity contribution in [1.82, 2.24) is 5.32 Å². The minimum absolute atomic E-state index is 0.370. The van der Waals surface area contributed by atoms with Crippen molar-refractivity contribution in [2.24, 2.45) is 11.3 Å². The number of hydrogen-bond acceptors (Lipinski definition) is 2. The van der Waals surface area contributed by atoms with E-state index in [1.165, 1.54) is 19.3 Å². The number of carboxylic acids is 1. The Balaban J connectivity index is 2.42. The fourth-order valence-corrected chi connectivity index (χ4v) is 2.98. The lowest BCUT2D eigenvalue weighted by atomic mass is 9.69. The summed E-state index contributed by atoms with van der Waals surface area (Å²) in [5.74, 6) is 0.0824. The van der Waals surface area contributed by atoms with Gasteiger partial charge >= 0.3 is 5.97 Å². The van der Waals surface area contributed by atoms with E-state index in [1.54, 1.807) is 0 Å². The lowest BCUT2D eigenvalue weighted by Gasteiger charge is -2.39. The molecule has 1 rings (SSSR count). The van der Waals surface area contributed by atoms with Gasteiger partial charge in [0.1, 0.15) is 6.04 Å². The minimum Gasteiger partial charge on any atom is -0.480 e. The average molecular weight is 255 g/mol. The van der Waals surface area contributed by atoms with Gasteiger partial charge in [0.25, 0.3) is 0 Å². The maximum atomic E-state index is 11.0. The zero-order valence-corrected chi connectivity index (χ0v) is 12.3. The van der Waals surface area contributed by atoms with Crippen molar-refractivity contribution in [1.29, 1.82) is 0 Å². The van der Waals surface area contributed by atoms with Crippen LogP contribution in [0.25, 0.3) is 0 Å². The molecule has 0 aliphatic heterocycles. The summed E-state index contributed by atoms with van der Waals surface area (Å²) in [6, 6.07) is 0.0284. The Morgan fingerprint density at radius 1 is 1.28 bits per heavy atom. The van der Waals surface area contributed by atoms with Gasteiger partial charge in [0.2, 0.25) is 0 Å². The maximum Gasteiger partial charge on any atom is 0.320 e. The van der Waals surface area contributed by atoms with Crippen molar-refractivity contribution < 1.29 is 9.90 Å². The van der Waals surface area contributed by atoms with Gasteiger partial charge in [-0.25, -0.2) is 0 Å². The van der Waals surface area contributed by atoms with E-state index in [-0.39, 0.29) is 6.04 Å². The summed E-state index contributed by atoms with van der Waals surface area (Å²) in [6.45, 7) is 8.91. The number of carboxylic acid groups (broad SMARTS) is 1. The van der Waals surface area contributed by atoms with Crippen LogP contribution < -0.4 is 5.32 Å². The van der Waals surface area contributed by atoms with Gasteiger partial charge < -0.3 is 10.4 Å². The molecule has 1 atom stereocenters. The first-order chi connectivity index (χ1) is 8.40. The molecule has 1 saturated carbocycles. The van der Waals surface area contributed by atoms with E-state index in [1.807, 2.05) is 6.92 Å². The molecule has 18 heavy (non-hydrogen) atoms. The zero-order valence-electron chi connectivity index (χ0n) is 12.3. The van der Waals surface area contributed by atoms with E-state index in [4.69, 9.17) is 5.11 Å². The number of carbonyl (C=O) groups is 1. The third kappa shape index (κ3) is 3.98. The van der Waals surface area contributed by atoms with Crippen LogP contribution in [0.3, 0.4) is 0 Å². The third-order valence-corrected chi connectivity index (χ3v) is 4.89. The van der Waals surface area contributed by atoms with Gasteiger partial charge in [0.15, 0.2) is 0 Å². The smallest absolute Gasteiger partial charge is 0.320 e.